The van der Waals surface area contributed by atoms with Crippen molar-refractivity contribution in [2.75, 3.05) is 0 Å². The predicted octanol–water partition coefficient (Wildman–Crippen LogP) is 1.70. The zero-order chi connectivity index (χ0) is 6.10. The first-order valence-corrected chi connectivity index (χ1v) is 3.38. The molecule has 1 atom stereocenters. The fourth-order valence-electron chi connectivity index (χ4n) is 0.694. The topological polar surface area (TPSA) is 31.6 Å². The fraction of sp³-hybridized carbons (Fsp3) is 0.200. The quantitative estimate of drug-likeness (QED) is 0.519. The van der Waals surface area contributed by atoms with E-state index in [1.165, 1.54) is 0 Å². The summed E-state index contributed by atoms with van der Waals surface area (Å²) in [6.45, 7) is 0.542. The molecule has 1 unspecified atom stereocenters. The summed E-state index contributed by atoms with van der Waals surface area (Å²) < 4.78 is 15.1. The van der Waals surface area contributed by atoms with Crippen LogP contribution in [0.1, 0.15) is 5.76 Å². The SMILES string of the molecule is c1cc2c(o1)COPO2. The molecule has 0 saturated heterocycles. The first-order chi connectivity index (χ1) is 4.47. The van der Waals surface area contributed by atoms with Crippen LogP contribution in [0, 0.1) is 0 Å². The Balaban J connectivity index is 2.39. The summed E-state index contributed by atoms with van der Waals surface area (Å²) in [4.78, 5) is 0. The van der Waals surface area contributed by atoms with Gasteiger partial charge in [0.2, 0.25) is 9.03 Å². The molecule has 0 amide bonds. The highest BCUT2D eigenvalue weighted by Gasteiger charge is 2.12. The van der Waals surface area contributed by atoms with E-state index in [2.05, 4.69) is 0 Å². The second-order valence-electron chi connectivity index (χ2n) is 1.68. The third-order valence-electron chi connectivity index (χ3n) is 1.12. The van der Waals surface area contributed by atoms with Crippen molar-refractivity contribution in [2.24, 2.45) is 0 Å². The smallest absolute Gasteiger partial charge is 0.215 e. The standard InChI is InChI=1S/C5H5O3P/c1-2-6-5-3-7-9-8-4(1)5/h1-2,9H,3H2. The average Bonchev–Trinajstić information content (AvgIpc) is 2.33. The van der Waals surface area contributed by atoms with E-state index in [0.29, 0.717) is 6.61 Å². The Hall–Kier alpha value is -0.530. The molecule has 0 aromatic carbocycles. The molecule has 0 aliphatic carbocycles. The van der Waals surface area contributed by atoms with Gasteiger partial charge >= 0.3 is 0 Å². The van der Waals surface area contributed by atoms with Crippen LogP contribution in [0.2, 0.25) is 0 Å². The molecule has 0 radical (unpaired) electrons. The lowest BCUT2D eigenvalue weighted by Gasteiger charge is -2.09. The van der Waals surface area contributed by atoms with Crippen LogP contribution in [0.15, 0.2) is 16.7 Å². The highest BCUT2D eigenvalue weighted by Crippen LogP contribution is 2.33. The van der Waals surface area contributed by atoms with E-state index in [4.69, 9.17) is 13.5 Å². The molecule has 48 valence electrons. The highest BCUT2D eigenvalue weighted by atomic mass is 31.1. The maximum atomic E-state index is 5.08. The number of fused-ring (bicyclic) bond motifs is 1. The zero-order valence-electron chi connectivity index (χ0n) is 4.59. The molecule has 0 N–H and O–H groups in total. The lowest BCUT2D eigenvalue weighted by Crippen LogP contribution is -1.93. The van der Waals surface area contributed by atoms with Gasteiger partial charge < -0.3 is 13.5 Å². The number of hydrogen-bond acceptors (Lipinski definition) is 3. The maximum Gasteiger partial charge on any atom is 0.215 e. The molecule has 1 aromatic heterocycles. The molecule has 0 saturated carbocycles. The molecule has 0 bridgehead atoms. The lowest BCUT2D eigenvalue weighted by atomic mass is 10.4. The summed E-state index contributed by atoms with van der Waals surface area (Å²) in [6, 6.07) is 1.80. The van der Waals surface area contributed by atoms with Crippen LogP contribution in [-0.2, 0) is 11.1 Å². The van der Waals surface area contributed by atoms with Crippen molar-refractivity contribution < 1.29 is 13.5 Å². The monoisotopic (exact) mass is 144 g/mol. The number of furan rings is 1. The van der Waals surface area contributed by atoms with Gasteiger partial charge in [-0.3, -0.25) is 0 Å². The molecule has 4 heteroatoms. The van der Waals surface area contributed by atoms with Crippen LogP contribution < -0.4 is 4.52 Å². The largest absolute Gasteiger partial charge is 0.463 e. The predicted molar refractivity (Wildman–Crippen MR) is 32.4 cm³/mol. The first kappa shape index (κ1) is 5.27. The Morgan fingerprint density at radius 2 is 2.56 bits per heavy atom. The van der Waals surface area contributed by atoms with Gasteiger partial charge in [-0.05, 0) is 0 Å². The molecule has 1 aromatic rings. The Morgan fingerprint density at radius 1 is 1.56 bits per heavy atom. The van der Waals surface area contributed by atoms with Crippen molar-refractivity contribution in [3.05, 3.63) is 18.1 Å². The molecule has 3 nitrogen and oxygen atoms in total. The van der Waals surface area contributed by atoms with Gasteiger partial charge in [0.1, 0.15) is 6.61 Å². The van der Waals surface area contributed by atoms with E-state index in [9.17, 15) is 0 Å². The van der Waals surface area contributed by atoms with Gasteiger partial charge in [-0.15, -0.1) is 0 Å². The number of hydrogen-bond donors (Lipinski definition) is 0. The lowest BCUT2D eigenvalue weighted by molar-refractivity contribution is 0.255. The van der Waals surface area contributed by atoms with Gasteiger partial charge in [0.15, 0.2) is 11.5 Å². The Labute approximate surface area is 53.9 Å². The zero-order valence-corrected chi connectivity index (χ0v) is 5.59. The third kappa shape index (κ3) is 0.824. The fourth-order valence-corrected chi connectivity index (χ4v) is 1.22. The summed E-state index contributed by atoms with van der Waals surface area (Å²) >= 11 is 0. The van der Waals surface area contributed by atoms with Crippen LogP contribution in [0.25, 0.3) is 0 Å². The molecule has 2 heterocycles. The summed E-state index contributed by atoms with van der Waals surface area (Å²) in [6.07, 6.45) is 1.60. The van der Waals surface area contributed by atoms with E-state index >= 15 is 0 Å². The van der Waals surface area contributed by atoms with Crippen molar-refractivity contribution in [1.82, 2.24) is 0 Å². The Morgan fingerprint density at radius 3 is 3.44 bits per heavy atom. The molecule has 0 fully saturated rings. The minimum Gasteiger partial charge on any atom is -0.463 e. The molecule has 9 heavy (non-hydrogen) atoms. The molecule has 0 spiro atoms. The third-order valence-corrected chi connectivity index (χ3v) is 1.68. The molecular formula is C5H5O3P. The van der Waals surface area contributed by atoms with Crippen LogP contribution in [-0.4, -0.2) is 0 Å². The Kier molecular flexibility index (Phi) is 1.18. The van der Waals surface area contributed by atoms with Crippen LogP contribution in [0.5, 0.6) is 5.75 Å². The second-order valence-corrected chi connectivity index (χ2v) is 2.34. The molecule has 1 aliphatic rings. The van der Waals surface area contributed by atoms with Crippen LogP contribution >= 0.6 is 9.03 Å². The second kappa shape index (κ2) is 2.01. The maximum absolute atomic E-state index is 5.08. The van der Waals surface area contributed by atoms with Gasteiger partial charge in [0.05, 0.1) is 6.26 Å². The van der Waals surface area contributed by atoms with Gasteiger partial charge in [0.25, 0.3) is 0 Å². The summed E-state index contributed by atoms with van der Waals surface area (Å²) in [7, 11) is 0.126. The van der Waals surface area contributed by atoms with Crippen LogP contribution in [0.3, 0.4) is 0 Å². The van der Waals surface area contributed by atoms with Crippen molar-refractivity contribution in [3.63, 3.8) is 0 Å². The van der Waals surface area contributed by atoms with E-state index in [-0.39, 0.29) is 9.03 Å². The van der Waals surface area contributed by atoms with Gasteiger partial charge in [0, 0.05) is 6.07 Å². The van der Waals surface area contributed by atoms with E-state index in [1.807, 2.05) is 0 Å². The summed E-state index contributed by atoms with van der Waals surface area (Å²) in [5.74, 6) is 1.60. The summed E-state index contributed by atoms with van der Waals surface area (Å²) in [5.41, 5.74) is 0. The Bertz CT molecular complexity index is 187. The van der Waals surface area contributed by atoms with Crippen molar-refractivity contribution >= 4 is 9.03 Å². The minimum atomic E-state index is 0.126. The van der Waals surface area contributed by atoms with E-state index in [0.717, 1.165) is 11.5 Å². The minimum absolute atomic E-state index is 0.126. The molecular weight excluding hydrogens is 139 g/mol. The molecule has 2 rings (SSSR count). The number of rotatable bonds is 0. The van der Waals surface area contributed by atoms with Gasteiger partial charge in [-0.25, -0.2) is 0 Å². The van der Waals surface area contributed by atoms with Crippen LogP contribution in [0.4, 0.5) is 0 Å². The van der Waals surface area contributed by atoms with Gasteiger partial charge in [-0.1, -0.05) is 0 Å². The van der Waals surface area contributed by atoms with Crippen molar-refractivity contribution in [3.8, 4) is 5.75 Å². The van der Waals surface area contributed by atoms with Crippen molar-refractivity contribution in [1.29, 1.82) is 0 Å². The van der Waals surface area contributed by atoms with Crippen molar-refractivity contribution in [2.45, 2.75) is 6.61 Å². The average molecular weight is 144 g/mol. The first-order valence-electron chi connectivity index (χ1n) is 2.57. The molecule has 1 aliphatic heterocycles. The van der Waals surface area contributed by atoms with E-state index in [1.54, 1.807) is 12.3 Å². The normalized spacial score (nSPS) is 19.1. The summed E-state index contributed by atoms with van der Waals surface area (Å²) in [5, 5.41) is 0. The van der Waals surface area contributed by atoms with E-state index < -0.39 is 0 Å². The highest BCUT2D eigenvalue weighted by molar-refractivity contribution is 7.26. The van der Waals surface area contributed by atoms with Gasteiger partial charge in [-0.2, -0.15) is 0 Å².